The van der Waals surface area contributed by atoms with E-state index in [2.05, 4.69) is 16.1 Å². The average molecular weight is 562 g/mol. The number of amides is 5. The van der Waals surface area contributed by atoms with Gasteiger partial charge in [-0.3, -0.25) is 29.4 Å². The Morgan fingerprint density at radius 2 is 1.82 bits per heavy atom. The van der Waals surface area contributed by atoms with Crippen LogP contribution in [0.25, 0.3) is 0 Å². The van der Waals surface area contributed by atoms with Crippen LogP contribution in [0.1, 0.15) is 60.3 Å². The number of nitrogens with zero attached hydrogens (tertiary/aromatic N) is 2. The van der Waals surface area contributed by atoms with E-state index in [4.69, 9.17) is 11.6 Å². The quantitative estimate of drug-likeness (QED) is 0.320. The van der Waals surface area contributed by atoms with Crippen molar-refractivity contribution in [2.24, 2.45) is 23.2 Å². The highest BCUT2D eigenvalue weighted by molar-refractivity contribution is 6.29. The maximum absolute atomic E-state index is 14.3. The Labute approximate surface area is 226 Å². The van der Waals surface area contributed by atoms with Gasteiger partial charge >= 0.3 is 0 Å². The highest BCUT2D eigenvalue weighted by Gasteiger charge is 2.52. The first-order chi connectivity index (χ1) is 17.5. The third-order valence-electron chi connectivity index (χ3n) is 7.63. The average Bonchev–Trinajstić information content (AvgIpc) is 3.50. The van der Waals surface area contributed by atoms with Gasteiger partial charge in [-0.25, -0.2) is 13.8 Å². The molecule has 0 aromatic heterocycles. The largest absolute Gasteiger partial charge is 0.356 e. The molecule has 6 atom stereocenters. The van der Waals surface area contributed by atoms with Gasteiger partial charge in [0.15, 0.2) is 5.67 Å². The maximum atomic E-state index is 14.3. The molecule has 0 aromatic rings. The van der Waals surface area contributed by atoms with Gasteiger partial charge < -0.3 is 15.5 Å². The number of fused-ring (bicyclic) bond motifs is 1. The molecular formula is C25H38ClF2N5O5. The molecule has 0 unspecified atom stereocenters. The molecular weight excluding hydrogens is 524 g/mol. The standard InChI is InChI=1S/C25H38ClF2N5O5/c1-24(2,3)17(30-23(38)25(4,5)28)21(36)32-11-13-7-6-8-15(13)16(32)20(35)31-33(22(37)18(26)27)12-14-9-10-29-19(14)34/h13-18H,6-12H2,1-5H3,(H,29,34)(H,30,38)(H,31,35)/t13-,14-,15-,16-,17+,18-/m0/s1. The molecule has 13 heteroatoms. The predicted molar refractivity (Wildman–Crippen MR) is 135 cm³/mol. The Hall–Kier alpha value is -2.50. The van der Waals surface area contributed by atoms with E-state index in [0.717, 1.165) is 31.7 Å². The SMILES string of the molecule is CC(C)(F)C(=O)N[C@H](C(=O)N1C[C@@H]2CCC[C@@H]2[C@H]1C(=O)NN(C[C@@H]1CCNC1=O)C(=O)[C@H](F)Cl)C(C)(C)C. The van der Waals surface area contributed by atoms with Gasteiger partial charge in [-0.05, 0) is 50.4 Å². The summed E-state index contributed by atoms with van der Waals surface area (Å²) in [6.45, 7) is 7.73. The maximum Gasteiger partial charge on any atom is 0.291 e. The van der Waals surface area contributed by atoms with Crippen LogP contribution in [0.3, 0.4) is 0 Å². The second kappa shape index (κ2) is 11.3. The predicted octanol–water partition coefficient (Wildman–Crippen LogP) is 1.42. The van der Waals surface area contributed by atoms with Gasteiger partial charge in [-0.2, -0.15) is 0 Å². The first-order valence-electron chi connectivity index (χ1n) is 13.0. The molecule has 38 heavy (non-hydrogen) atoms. The van der Waals surface area contributed by atoms with E-state index in [1.165, 1.54) is 4.90 Å². The first kappa shape index (κ1) is 30.0. The minimum Gasteiger partial charge on any atom is -0.356 e. The number of carbonyl (C=O) groups excluding carboxylic acids is 5. The fraction of sp³-hybridized carbons (Fsp3) is 0.800. The molecule has 3 fully saturated rings. The molecule has 0 aromatic carbocycles. The van der Waals surface area contributed by atoms with Crippen LogP contribution in [-0.2, 0) is 24.0 Å². The third kappa shape index (κ3) is 6.55. The monoisotopic (exact) mass is 561 g/mol. The normalized spacial score (nSPS) is 26.8. The fourth-order valence-corrected chi connectivity index (χ4v) is 5.65. The zero-order valence-corrected chi connectivity index (χ0v) is 23.2. The van der Waals surface area contributed by atoms with Crippen LogP contribution in [-0.4, -0.2) is 82.5 Å². The van der Waals surface area contributed by atoms with Gasteiger partial charge in [0.05, 0.1) is 12.5 Å². The molecule has 3 aliphatic rings. The van der Waals surface area contributed by atoms with Gasteiger partial charge in [-0.1, -0.05) is 38.8 Å². The number of nitrogens with one attached hydrogen (secondary N) is 3. The Morgan fingerprint density at radius 1 is 1.16 bits per heavy atom. The first-order valence-corrected chi connectivity index (χ1v) is 13.4. The molecule has 0 bridgehead atoms. The summed E-state index contributed by atoms with van der Waals surface area (Å²) in [5.41, 5.74) is -3.05. The lowest BCUT2D eigenvalue weighted by Crippen LogP contribution is -2.62. The van der Waals surface area contributed by atoms with Crippen molar-refractivity contribution in [1.82, 2.24) is 26.0 Å². The molecule has 0 spiro atoms. The molecule has 1 aliphatic carbocycles. The van der Waals surface area contributed by atoms with E-state index in [9.17, 15) is 32.8 Å². The summed E-state index contributed by atoms with van der Waals surface area (Å²) in [4.78, 5) is 65.9. The van der Waals surface area contributed by atoms with Gasteiger partial charge in [0.1, 0.15) is 12.1 Å². The molecule has 2 saturated heterocycles. The summed E-state index contributed by atoms with van der Waals surface area (Å²) < 4.78 is 28.1. The van der Waals surface area contributed by atoms with Crippen LogP contribution in [0.4, 0.5) is 8.78 Å². The second-order valence-corrected chi connectivity index (χ2v) is 12.4. The summed E-state index contributed by atoms with van der Waals surface area (Å²) in [5.74, 6) is -4.58. The number of hydrazine groups is 1. The molecule has 2 heterocycles. The van der Waals surface area contributed by atoms with Crippen molar-refractivity contribution in [2.45, 2.75) is 83.7 Å². The van der Waals surface area contributed by atoms with Crippen molar-refractivity contribution in [3.63, 3.8) is 0 Å². The lowest BCUT2D eigenvalue weighted by molar-refractivity contribution is -0.151. The molecule has 1 saturated carbocycles. The van der Waals surface area contributed by atoms with Crippen molar-refractivity contribution in [2.75, 3.05) is 19.6 Å². The zero-order chi connectivity index (χ0) is 28.6. The lowest BCUT2D eigenvalue weighted by atomic mass is 9.85. The Balaban J connectivity index is 1.87. The van der Waals surface area contributed by atoms with Crippen LogP contribution in [0.5, 0.6) is 0 Å². The molecule has 0 radical (unpaired) electrons. The Morgan fingerprint density at radius 3 is 2.34 bits per heavy atom. The number of likely N-dealkylation sites (tertiary alicyclic amines) is 1. The van der Waals surface area contributed by atoms with Crippen LogP contribution in [0.2, 0.25) is 0 Å². The molecule has 2 aliphatic heterocycles. The van der Waals surface area contributed by atoms with Crippen molar-refractivity contribution < 1.29 is 32.8 Å². The van der Waals surface area contributed by atoms with Crippen molar-refractivity contribution >= 4 is 41.1 Å². The highest BCUT2D eigenvalue weighted by atomic mass is 35.5. The van der Waals surface area contributed by atoms with E-state index < -0.39 is 58.3 Å². The topological polar surface area (TPSA) is 128 Å². The zero-order valence-electron chi connectivity index (χ0n) is 22.5. The van der Waals surface area contributed by atoms with Crippen LogP contribution in [0.15, 0.2) is 0 Å². The minimum atomic E-state index is -2.44. The van der Waals surface area contributed by atoms with E-state index in [-0.39, 0.29) is 30.8 Å². The summed E-state index contributed by atoms with van der Waals surface area (Å²) >= 11 is 5.39. The Kier molecular flexibility index (Phi) is 8.95. The Bertz CT molecular complexity index is 967. The molecule has 5 amide bonds. The minimum absolute atomic E-state index is 0.0235. The number of hydrogen-bond acceptors (Lipinski definition) is 5. The van der Waals surface area contributed by atoms with Gasteiger partial charge in [0.25, 0.3) is 23.4 Å². The number of rotatable bonds is 7. The van der Waals surface area contributed by atoms with Crippen LogP contribution >= 0.6 is 11.6 Å². The van der Waals surface area contributed by atoms with Crippen LogP contribution < -0.4 is 16.1 Å². The summed E-state index contributed by atoms with van der Waals surface area (Å²) in [6, 6.07) is -2.13. The van der Waals surface area contributed by atoms with Gasteiger partial charge in [0, 0.05) is 13.1 Å². The van der Waals surface area contributed by atoms with E-state index in [1.807, 2.05) is 0 Å². The van der Waals surface area contributed by atoms with Crippen molar-refractivity contribution in [3.05, 3.63) is 0 Å². The fourth-order valence-electron chi connectivity index (χ4n) is 5.53. The molecule has 214 valence electrons. The summed E-state index contributed by atoms with van der Waals surface area (Å²) in [5, 5.41) is 5.86. The third-order valence-corrected chi connectivity index (χ3v) is 7.82. The molecule has 3 N–H and O–H groups in total. The molecule has 10 nitrogen and oxygen atoms in total. The molecule has 3 rings (SSSR count). The highest BCUT2D eigenvalue weighted by Crippen LogP contribution is 2.43. The number of halogens is 3. The second-order valence-electron chi connectivity index (χ2n) is 12.0. The summed E-state index contributed by atoms with van der Waals surface area (Å²) in [6.07, 6.45) is 2.71. The smallest absolute Gasteiger partial charge is 0.291 e. The number of hydrogen-bond donors (Lipinski definition) is 3. The number of carbonyl (C=O) groups is 5. The van der Waals surface area contributed by atoms with Crippen molar-refractivity contribution in [3.8, 4) is 0 Å². The van der Waals surface area contributed by atoms with Crippen molar-refractivity contribution in [1.29, 1.82) is 0 Å². The van der Waals surface area contributed by atoms with E-state index >= 15 is 0 Å². The van der Waals surface area contributed by atoms with E-state index in [0.29, 0.717) is 19.4 Å². The van der Waals surface area contributed by atoms with E-state index in [1.54, 1.807) is 20.8 Å². The van der Waals surface area contributed by atoms with Crippen LogP contribution in [0, 0.1) is 23.2 Å². The summed E-state index contributed by atoms with van der Waals surface area (Å²) in [7, 11) is 0. The van der Waals surface area contributed by atoms with Gasteiger partial charge in [-0.15, -0.1) is 0 Å². The lowest BCUT2D eigenvalue weighted by Gasteiger charge is -2.37. The van der Waals surface area contributed by atoms with Gasteiger partial charge in [0.2, 0.25) is 11.8 Å². The number of alkyl halides is 3.